The van der Waals surface area contributed by atoms with E-state index in [-0.39, 0.29) is 11.7 Å². The SMILES string of the molecule is Cc1c(F)cc2c(c1C(C)C)NC(=O)[N]2. The fraction of sp³-hybridized carbons (Fsp3) is 0.364. The number of anilines is 1. The van der Waals surface area contributed by atoms with Crippen molar-refractivity contribution < 1.29 is 9.18 Å². The van der Waals surface area contributed by atoms with Crippen LogP contribution in [0.25, 0.3) is 0 Å². The Balaban J connectivity index is 2.67. The van der Waals surface area contributed by atoms with Crippen LogP contribution in [0.3, 0.4) is 0 Å². The van der Waals surface area contributed by atoms with Crippen molar-refractivity contribution in [1.29, 1.82) is 0 Å². The normalized spacial score (nSPS) is 13.8. The third-order valence-electron chi connectivity index (χ3n) is 2.58. The molecule has 0 saturated carbocycles. The number of urea groups is 1. The summed E-state index contributed by atoms with van der Waals surface area (Å²) < 4.78 is 13.5. The number of hydrogen-bond donors (Lipinski definition) is 1. The summed E-state index contributed by atoms with van der Waals surface area (Å²) in [6.45, 7) is 5.65. The molecule has 1 N–H and O–H groups in total. The third-order valence-corrected chi connectivity index (χ3v) is 2.58. The van der Waals surface area contributed by atoms with Crippen molar-refractivity contribution in [2.24, 2.45) is 0 Å². The van der Waals surface area contributed by atoms with Crippen molar-refractivity contribution in [3.63, 3.8) is 0 Å². The number of carbonyl (C=O) groups is 1. The Labute approximate surface area is 87.7 Å². The molecular weight excluding hydrogens is 195 g/mol. The lowest BCUT2D eigenvalue weighted by Gasteiger charge is -2.14. The van der Waals surface area contributed by atoms with Crippen molar-refractivity contribution >= 4 is 17.4 Å². The molecule has 1 aliphatic rings. The van der Waals surface area contributed by atoms with Gasteiger partial charge in [0.1, 0.15) is 5.82 Å². The second kappa shape index (κ2) is 3.22. The summed E-state index contributed by atoms with van der Waals surface area (Å²) in [5, 5.41) is 6.35. The van der Waals surface area contributed by atoms with Crippen LogP contribution >= 0.6 is 0 Å². The van der Waals surface area contributed by atoms with Gasteiger partial charge >= 0.3 is 6.03 Å². The lowest BCUT2D eigenvalue weighted by atomic mass is 9.95. The van der Waals surface area contributed by atoms with Crippen LogP contribution in [0.1, 0.15) is 30.9 Å². The van der Waals surface area contributed by atoms with E-state index in [0.717, 1.165) is 5.56 Å². The molecule has 2 amide bonds. The minimum atomic E-state index is -0.420. The van der Waals surface area contributed by atoms with Gasteiger partial charge in [0.2, 0.25) is 0 Å². The summed E-state index contributed by atoms with van der Waals surface area (Å²) in [5.41, 5.74) is 2.49. The van der Waals surface area contributed by atoms with Crippen LogP contribution in [0.2, 0.25) is 0 Å². The van der Waals surface area contributed by atoms with Gasteiger partial charge in [-0.3, -0.25) is 0 Å². The van der Waals surface area contributed by atoms with Crippen LogP contribution in [0.4, 0.5) is 20.6 Å². The molecule has 0 bridgehead atoms. The number of amides is 2. The maximum absolute atomic E-state index is 13.5. The van der Waals surface area contributed by atoms with E-state index in [1.165, 1.54) is 6.07 Å². The first-order valence-corrected chi connectivity index (χ1v) is 4.86. The van der Waals surface area contributed by atoms with Gasteiger partial charge in [0.05, 0.1) is 11.4 Å². The topological polar surface area (TPSA) is 43.2 Å². The number of hydrogen-bond acceptors (Lipinski definition) is 1. The van der Waals surface area contributed by atoms with Crippen molar-refractivity contribution in [3.05, 3.63) is 23.0 Å². The lowest BCUT2D eigenvalue weighted by Crippen LogP contribution is -2.09. The van der Waals surface area contributed by atoms with Gasteiger partial charge in [0.25, 0.3) is 0 Å². The Bertz CT molecular complexity index is 441. The first kappa shape index (κ1) is 9.96. The molecular formula is C11H12FN2O. The first-order valence-electron chi connectivity index (χ1n) is 4.86. The molecule has 2 rings (SSSR count). The van der Waals surface area contributed by atoms with Crippen molar-refractivity contribution in [2.45, 2.75) is 26.7 Å². The molecule has 79 valence electrons. The molecule has 4 heteroatoms. The molecule has 1 aromatic carbocycles. The van der Waals surface area contributed by atoms with Crippen molar-refractivity contribution in [2.75, 3.05) is 5.32 Å². The summed E-state index contributed by atoms with van der Waals surface area (Å²) in [6.07, 6.45) is 0. The highest BCUT2D eigenvalue weighted by Gasteiger charge is 2.26. The van der Waals surface area contributed by atoms with Crippen LogP contribution in [0, 0.1) is 12.7 Å². The highest BCUT2D eigenvalue weighted by Crippen LogP contribution is 2.38. The predicted octanol–water partition coefficient (Wildman–Crippen LogP) is 3.04. The Morgan fingerprint density at radius 1 is 1.47 bits per heavy atom. The van der Waals surface area contributed by atoms with Crippen LogP contribution in [-0.2, 0) is 0 Å². The van der Waals surface area contributed by atoms with Crippen molar-refractivity contribution in [1.82, 2.24) is 5.32 Å². The van der Waals surface area contributed by atoms with E-state index in [4.69, 9.17) is 0 Å². The van der Waals surface area contributed by atoms with E-state index in [0.29, 0.717) is 16.9 Å². The fourth-order valence-electron chi connectivity index (χ4n) is 1.94. The van der Waals surface area contributed by atoms with Gasteiger partial charge in [0, 0.05) is 6.07 Å². The van der Waals surface area contributed by atoms with Crippen LogP contribution in [0.15, 0.2) is 6.07 Å². The molecule has 0 spiro atoms. The van der Waals surface area contributed by atoms with Crippen LogP contribution in [-0.4, -0.2) is 6.03 Å². The number of benzene rings is 1. The van der Waals surface area contributed by atoms with Gasteiger partial charge in [0.15, 0.2) is 0 Å². The average Bonchev–Trinajstić information content (AvgIpc) is 2.46. The summed E-state index contributed by atoms with van der Waals surface area (Å²) in [6, 6.07) is 0.881. The highest BCUT2D eigenvalue weighted by atomic mass is 19.1. The second-order valence-electron chi connectivity index (χ2n) is 3.99. The van der Waals surface area contributed by atoms with E-state index in [9.17, 15) is 9.18 Å². The maximum atomic E-state index is 13.5. The summed E-state index contributed by atoms with van der Waals surface area (Å²) in [4.78, 5) is 11.1. The molecule has 1 aromatic rings. The minimum absolute atomic E-state index is 0.156. The number of nitrogens with zero attached hydrogens (tertiary/aromatic N) is 1. The number of carbonyl (C=O) groups excluding carboxylic acids is 1. The van der Waals surface area contributed by atoms with Gasteiger partial charge < -0.3 is 5.32 Å². The molecule has 1 aliphatic heterocycles. The second-order valence-corrected chi connectivity index (χ2v) is 3.99. The Kier molecular flexibility index (Phi) is 2.14. The van der Waals surface area contributed by atoms with Crippen molar-refractivity contribution in [3.8, 4) is 0 Å². The Hall–Kier alpha value is -1.58. The molecule has 15 heavy (non-hydrogen) atoms. The number of rotatable bonds is 1. The number of nitrogens with one attached hydrogen (secondary N) is 1. The quantitative estimate of drug-likeness (QED) is 0.755. The van der Waals surface area contributed by atoms with E-state index in [1.54, 1.807) is 6.92 Å². The zero-order valence-corrected chi connectivity index (χ0v) is 8.89. The molecule has 0 aliphatic carbocycles. The van der Waals surface area contributed by atoms with Gasteiger partial charge in [-0.25, -0.2) is 9.18 Å². The van der Waals surface area contributed by atoms with Gasteiger partial charge in [-0.1, -0.05) is 13.8 Å². The van der Waals surface area contributed by atoms with Crippen LogP contribution in [0.5, 0.6) is 0 Å². The van der Waals surface area contributed by atoms with Crippen LogP contribution < -0.4 is 10.6 Å². The molecule has 0 saturated heterocycles. The number of halogens is 1. The van der Waals surface area contributed by atoms with Gasteiger partial charge in [-0.05, 0) is 24.0 Å². The third kappa shape index (κ3) is 1.46. The molecule has 3 nitrogen and oxygen atoms in total. The Morgan fingerprint density at radius 2 is 2.13 bits per heavy atom. The lowest BCUT2D eigenvalue weighted by molar-refractivity contribution is 0.256. The van der Waals surface area contributed by atoms with E-state index >= 15 is 0 Å². The summed E-state index contributed by atoms with van der Waals surface area (Å²) in [7, 11) is 0. The zero-order valence-electron chi connectivity index (χ0n) is 8.89. The van der Waals surface area contributed by atoms with E-state index < -0.39 is 6.03 Å². The number of fused-ring (bicyclic) bond motifs is 1. The monoisotopic (exact) mass is 207 g/mol. The molecule has 1 heterocycles. The van der Waals surface area contributed by atoms with E-state index in [2.05, 4.69) is 10.6 Å². The fourth-order valence-corrected chi connectivity index (χ4v) is 1.94. The summed E-state index contributed by atoms with van der Waals surface area (Å²) >= 11 is 0. The highest BCUT2D eigenvalue weighted by molar-refractivity contribution is 6.03. The van der Waals surface area contributed by atoms with Gasteiger partial charge in [-0.15, -0.1) is 0 Å². The molecule has 1 radical (unpaired) electrons. The maximum Gasteiger partial charge on any atom is 0.346 e. The zero-order chi connectivity index (χ0) is 11.2. The summed E-state index contributed by atoms with van der Waals surface area (Å²) in [5.74, 6) is -0.152. The first-order chi connectivity index (χ1) is 7.00. The standard InChI is InChI=1S/C11H12FN2O/c1-5(2)9-6(3)7(12)4-8-10(9)14-11(15)13-8/h4-5H,1-3H3,(H,14,15). The smallest absolute Gasteiger partial charge is 0.304 e. The van der Waals surface area contributed by atoms with Gasteiger partial charge in [-0.2, -0.15) is 5.32 Å². The van der Waals surface area contributed by atoms with E-state index in [1.807, 2.05) is 13.8 Å². The average molecular weight is 207 g/mol. The molecule has 0 unspecified atom stereocenters. The minimum Gasteiger partial charge on any atom is -0.304 e. The Morgan fingerprint density at radius 3 is 2.73 bits per heavy atom. The molecule has 0 fully saturated rings. The largest absolute Gasteiger partial charge is 0.346 e. The predicted molar refractivity (Wildman–Crippen MR) is 56.0 cm³/mol. The molecule has 0 atom stereocenters. The molecule has 0 aromatic heterocycles.